The average molecular weight is 497 g/mol. The second-order valence-electron chi connectivity index (χ2n) is 8.79. The van der Waals surface area contributed by atoms with Gasteiger partial charge in [0.1, 0.15) is 18.9 Å². The molecule has 0 radical (unpaired) electrons. The molecule has 0 bridgehead atoms. The topological polar surface area (TPSA) is 87.5 Å². The van der Waals surface area contributed by atoms with Crippen LogP contribution in [0.2, 0.25) is 0 Å². The molecule has 0 spiro atoms. The molecule has 7 nitrogen and oxygen atoms in total. The Balaban J connectivity index is 1.88. The number of nitrogens with zero attached hydrogens (tertiary/aromatic N) is 2. The summed E-state index contributed by atoms with van der Waals surface area (Å²) in [6.07, 6.45) is 1.33. The summed E-state index contributed by atoms with van der Waals surface area (Å²) in [5.41, 5.74) is 1.73. The van der Waals surface area contributed by atoms with Crippen molar-refractivity contribution in [3.05, 3.63) is 130 Å². The van der Waals surface area contributed by atoms with Gasteiger partial charge in [-0.05, 0) is 30.5 Å². The van der Waals surface area contributed by atoms with Crippen molar-refractivity contribution in [3.8, 4) is 5.75 Å². The van der Waals surface area contributed by atoms with Crippen molar-refractivity contribution in [3.63, 3.8) is 0 Å². The smallest absolute Gasteiger partial charge is 0.360 e. The first kappa shape index (κ1) is 25.6. The van der Waals surface area contributed by atoms with Crippen molar-refractivity contribution in [1.29, 1.82) is 0 Å². The average Bonchev–Trinajstić information content (AvgIpc) is 2.92. The summed E-state index contributed by atoms with van der Waals surface area (Å²) in [4.78, 5) is 39.0. The Labute approximate surface area is 215 Å². The number of carbonyl (C=O) groups is 2. The fourth-order valence-corrected chi connectivity index (χ4v) is 4.19. The van der Waals surface area contributed by atoms with Crippen LogP contribution in [0.5, 0.6) is 5.75 Å². The van der Waals surface area contributed by atoms with Crippen LogP contribution in [0.15, 0.2) is 102 Å². The molecular weight excluding hydrogens is 468 g/mol. The van der Waals surface area contributed by atoms with E-state index in [1.54, 1.807) is 13.8 Å². The van der Waals surface area contributed by atoms with Gasteiger partial charge in [0.2, 0.25) is 11.2 Å². The molecule has 37 heavy (non-hydrogen) atoms. The molecule has 0 fully saturated rings. The SMILES string of the molecule is CC(C)OC(=O)c1c(OCc2ccccc2)c(=O)cnn1C(C=O)C(c1ccccc1)c1ccccc1. The lowest BCUT2D eigenvalue weighted by molar-refractivity contribution is -0.111. The number of hydrogen-bond donors (Lipinski definition) is 0. The van der Waals surface area contributed by atoms with Gasteiger partial charge in [0.25, 0.3) is 0 Å². The molecule has 4 aromatic rings. The molecule has 0 amide bonds. The van der Waals surface area contributed by atoms with Gasteiger partial charge in [0.05, 0.1) is 12.3 Å². The lowest BCUT2D eigenvalue weighted by Crippen LogP contribution is -2.31. The van der Waals surface area contributed by atoms with Gasteiger partial charge in [-0.1, -0.05) is 91.0 Å². The molecule has 0 aliphatic carbocycles. The normalized spacial score (nSPS) is 11.8. The van der Waals surface area contributed by atoms with Crippen LogP contribution in [-0.4, -0.2) is 28.1 Å². The van der Waals surface area contributed by atoms with Gasteiger partial charge in [-0.3, -0.25) is 4.79 Å². The van der Waals surface area contributed by atoms with Crippen LogP contribution in [0.1, 0.15) is 53.0 Å². The van der Waals surface area contributed by atoms with Gasteiger partial charge in [0.15, 0.2) is 5.69 Å². The fraction of sp³-hybridized carbons (Fsp3) is 0.200. The van der Waals surface area contributed by atoms with E-state index >= 15 is 0 Å². The van der Waals surface area contributed by atoms with Crippen LogP contribution in [0.25, 0.3) is 0 Å². The summed E-state index contributed by atoms with van der Waals surface area (Å²) in [5, 5.41) is 4.26. The first-order valence-corrected chi connectivity index (χ1v) is 12.0. The highest BCUT2D eigenvalue weighted by Gasteiger charge is 2.33. The number of aromatic nitrogens is 2. The van der Waals surface area contributed by atoms with Gasteiger partial charge in [-0.2, -0.15) is 5.10 Å². The third kappa shape index (κ3) is 6.01. The standard InChI is InChI=1S/C30H28N2O5/c1-21(2)37-30(35)28-29(36-20-22-12-6-3-7-13-22)26(34)18-31-32(28)25(19-33)27(23-14-8-4-9-15-23)24-16-10-5-11-17-24/h3-19,21,25,27H,20H2,1-2H3. The molecule has 1 heterocycles. The molecule has 0 aliphatic rings. The van der Waals surface area contributed by atoms with Crippen LogP contribution in [0, 0.1) is 0 Å². The Morgan fingerprint density at radius 2 is 1.43 bits per heavy atom. The predicted octanol–water partition coefficient (Wildman–Crippen LogP) is 4.96. The third-order valence-electron chi connectivity index (χ3n) is 5.81. The van der Waals surface area contributed by atoms with Gasteiger partial charge < -0.3 is 14.3 Å². The van der Waals surface area contributed by atoms with E-state index in [0.717, 1.165) is 29.2 Å². The van der Waals surface area contributed by atoms with Crippen molar-refractivity contribution in [2.45, 2.75) is 38.5 Å². The zero-order valence-corrected chi connectivity index (χ0v) is 20.7. The summed E-state index contributed by atoms with van der Waals surface area (Å²) in [5.74, 6) is -1.51. The largest absolute Gasteiger partial charge is 0.482 e. The van der Waals surface area contributed by atoms with E-state index in [0.29, 0.717) is 0 Å². The number of benzene rings is 3. The van der Waals surface area contributed by atoms with Gasteiger partial charge >= 0.3 is 5.97 Å². The molecular formula is C30H28N2O5. The monoisotopic (exact) mass is 496 g/mol. The van der Waals surface area contributed by atoms with E-state index in [-0.39, 0.29) is 18.1 Å². The lowest BCUT2D eigenvalue weighted by atomic mass is 9.85. The van der Waals surface area contributed by atoms with Gasteiger partial charge in [0, 0.05) is 5.92 Å². The van der Waals surface area contributed by atoms with Gasteiger partial charge in [-0.25, -0.2) is 9.48 Å². The van der Waals surface area contributed by atoms with Crippen molar-refractivity contribution in [1.82, 2.24) is 9.78 Å². The fourth-order valence-electron chi connectivity index (χ4n) is 4.19. The molecule has 7 heteroatoms. The van der Waals surface area contributed by atoms with Crippen LogP contribution in [0.3, 0.4) is 0 Å². The van der Waals surface area contributed by atoms with Crippen molar-refractivity contribution in [2.75, 3.05) is 0 Å². The minimum atomic E-state index is -0.973. The molecule has 3 aromatic carbocycles. The minimum Gasteiger partial charge on any atom is -0.482 e. The zero-order valence-electron chi connectivity index (χ0n) is 20.7. The number of aldehydes is 1. The lowest BCUT2D eigenvalue weighted by Gasteiger charge is -2.27. The summed E-state index contributed by atoms with van der Waals surface area (Å²) < 4.78 is 12.6. The summed E-state index contributed by atoms with van der Waals surface area (Å²) in [7, 11) is 0. The van der Waals surface area contributed by atoms with Crippen molar-refractivity contribution < 1.29 is 19.1 Å². The van der Waals surface area contributed by atoms with Gasteiger partial charge in [-0.15, -0.1) is 0 Å². The second-order valence-corrected chi connectivity index (χ2v) is 8.79. The summed E-state index contributed by atoms with van der Waals surface area (Å²) >= 11 is 0. The molecule has 0 saturated heterocycles. The van der Waals surface area contributed by atoms with Crippen molar-refractivity contribution >= 4 is 12.3 Å². The second kappa shape index (κ2) is 11.9. The third-order valence-corrected chi connectivity index (χ3v) is 5.81. The van der Waals surface area contributed by atoms with Crippen LogP contribution in [0.4, 0.5) is 0 Å². The van der Waals surface area contributed by atoms with E-state index < -0.39 is 29.5 Å². The number of esters is 1. The molecule has 1 aromatic heterocycles. The Hall–Kier alpha value is -4.52. The molecule has 1 unspecified atom stereocenters. The zero-order chi connectivity index (χ0) is 26.2. The Morgan fingerprint density at radius 1 is 0.892 bits per heavy atom. The van der Waals surface area contributed by atoms with Crippen LogP contribution >= 0.6 is 0 Å². The summed E-state index contributed by atoms with van der Waals surface area (Å²) in [6.45, 7) is 3.46. The van der Waals surface area contributed by atoms with E-state index in [1.165, 1.54) is 4.68 Å². The van der Waals surface area contributed by atoms with E-state index in [9.17, 15) is 14.4 Å². The first-order chi connectivity index (χ1) is 18.0. The Bertz CT molecular complexity index is 1350. The number of rotatable bonds is 10. The van der Waals surface area contributed by atoms with Crippen molar-refractivity contribution in [2.24, 2.45) is 0 Å². The summed E-state index contributed by atoms with van der Waals surface area (Å²) in [6, 6.07) is 27.3. The number of ether oxygens (including phenoxy) is 2. The molecule has 1 atom stereocenters. The Morgan fingerprint density at radius 3 is 1.95 bits per heavy atom. The minimum absolute atomic E-state index is 0.0502. The molecule has 0 saturated carbocycles. The quantitative estimate of drug-likeness (QED) is 0.228. The van der Waals surface area contributed by atoms with Crippen LogP contribution < -0.4 is 10.2 Å². The highest BCUT2D eigenvalue weighted by atomic mass is 16.5. The highest BCUT2D eigenvalue weighted by Crippen LogP contribution is 2.35. The first-order valence-electron chi connectivity index (χ1n) is 12.0. The van der Waals surface area contributed by atoms with E-state index in [2.05, 4.69) is 5.10 Å². The molecule has 0 aliphatic heterocycles. The van der Waals surface area contributed by atoms with E-state index in [4.69, 9.17) is 9.47 Å². The van der Waals surface area contributed by atoms with E-state index in [1.807, 2.05) is 91.0 Å². The van der Waals surface area contributed by atoms with Crippen LogP contribution in [-0.2, 0) is 16.1 Å². The molecule has 4 rings (SSSR count). The molecule has 0 N–H and O–H groups in total. The maximum atomic E-state index is 13.4. The number of hydrogen-bond acceptors (Lipinski definition) is 6. The number of carbonyl (C=O) groups excluding carboxylic acids is 2. The Kier molecular flexibility index (Phi) is 8.26. The highest BCUT2D eigenvalue weighted by molar-refractivity contribution is 5.91. The molecule has 188 valence electrons. The predicted molar refractivity (Wildman–Crippen MR) is 140 cm³/mol. The maximum absolute atomic E-state index is 13.4. The maximum Gasteiger partial charge on any atom is 0.360 e.